The number of aromatic nitrogens is 2. The van der Waals surface area contributed by atoms with E-state index in [4.69, 9.17) is 9.84 Å². The van der Waals surface area contributed by atoms with Gasteiger partial charge in [-0.2, -0.15) is 0 Å². The molecule has 0 aliphatic rings. The van der Waals surface area contributed by atoms with Crippen molar-refractivity contribution >= 4 is 40.2 Å². The number of carbonyl (C=O) groups excluding carboxylic acids is 1. The number of carboxylic acids is 1. The fourth-order valence-corrected chi connectivity index (χ4v) is 2.95. The number of ether oxygens (including phenoxy) is 1. The summed E-state index contributed by atoms with van der Waals surface area (Å²) < 4.78 is 5.29. The molecule has 0 aliphatic carbocycles. The maximum absolute atomic E-state index is 11.7. The van der Waals surface area contributed by atoms with Crippen molar-refractivity contribution < 1.29 is 19.4 Å². The summed E-state index contributed by atoms with van der Waals surface area (Å²) in [6.45, 7) is 4.01. The van der Waals surface area contributed by atoms with Crippen molar-refractivity contribution in [2.45, 2.75) is 30.6 Å². The number of hydrogen-bond donors (Lipinski definition) is 2. The van der Waals surface area contributed by atoms with E-state index in [1.165, 1.54) is 18.4 Å². The highest BCUT2D eigenvalue weighted by atomic mass is 32.2. The van der Waals surface area contributed by atoms with E-state index in [0.717, 1.165) is 11.8 Å². The number of hydrogen-bond acceptors (Lipinski definition) is 8. The highest BCUT2D eigenvalue weighted by Crippen LogP contribution is 2.26. The van der Waals surface area contributed by atoms with Crippen molar-refractivity contribution in [2.75, 3.05) is 18.2 Å². The van der Waals surface area contributed by atoms with Gasteiger partial charge in [0.05, 0.1) is 12.9 Å². The number of nitrogens with zero attached hydrogens (tertiary/aromatic N) is 2. The van der Waals surface area contributed by atoms with Crippen LogP contribution in [0.3, 0.4) is 0 Å². The van der Waals surface area contributed by atoms with Crippen molar-refractivity contribution in [1.82, 2.24) is 10.2 Å². The summed E-state index contributed by atoms with van der Waals surface area (Å²) in [5, 5.41) is 19.8. The highest BCUT2D eigenvalue weighted by molar-refractivity contribution is 8.01. The van der Waals surface area contributed by atoms with Gasteiger partial charge in [0.15, 0.2) is 4.34 Å². The highest BCUT2D eigenvalue weighted by Gasteiger charge is 2.22. The predicted molar refractivity (Wildman–Crippen MR) is 77.2 cm³/mol. The van der Waals surface area contributed by atoms with E-state index in [2.05, 4.69) is 15.5 Å². The second kappa shape index (κ2) is 8.05. The van der Waals surface area contributed by atoms with Crippen LogP contribution < -0.4 is 5.32 Å². The lowest BCUT2D eigenvalue weighted by Gasteiger charge is -2.17. The average molecular weight is 319 g/mol. The summed E-state index contributed by atoms with van der Waals surface area (Å²) in [6.07, 6.45) is 0.615. The monoisotopic (exact) mass is 319 g/mol. The molecule has 20 heavy (non-hydrogen) atoms. The number of methoxy groups -OCH3 is 1. The molecule has 0 fully saturated rings. The zero-order valence-corrected chi connectivity index (χ0v) is 13.1. The summed E-state index contributed by atoms with van der Waals surface area (Å²) in [5.74, 6) is -1.01. The van der Waals surface area contributed by atoms with Crippen molar-refractivity contribution in [3.8, 4) is 0 Å². The molecule has 112 valence electrons. The molecule has 1 atom stereocenters. The Morgan fingerprint density at radius 3 is 2.70 bits per heavy atom. The van der Waals surface area contributed by atoms with E-state index in [9.17, 15) is 9.59 Å². The van der Waals surface area contributed by atoms with E-state index in [-0.39, 0.29) is 11.7 Å². The van der Waals surface area contributed by atoms with Gasteiger partial charge >= 0.3 is 11.9 Å². The Kier molecular flexibility index (Phi) is 6.73. The molecule has 1 heterocycles. The second-order valence-corrected chi connectivity index (χ2v) is 6.61. The van der Waals surface area contributed by atoms with Crippen LogP contribution in [0.5, 0.6) is 0 Å². The van der Waals surface area contributed by atoms with Gasteiger partial charge in [-0.25, -0.2) is 4.79 Å². The molecule has 9 heteroatoms. The van der Waals surface area contributed by atoms with Gasteiger partial charge < -0.3 is 15.2 Å². The molecule has 1 aromatic rings. The minimum Gasteiger partial charge on any atom is -0.481 e. The molecule has 0 saturated carbocycles. The number of thioether (sulfide) groups is 1. The normalized spacial score (nSPS) is 12.2. The summed E-state index contributed by atoms with van der Waals surface area (Å²) in [5.41, 5.74) is 0. The Hall–Kier alpha value is -1.35. The van der Waals surface area contributed by atoms with Gasteiger partial charge in [0.25, 0.3) is 0 Å². The topological polar surface area (TPSA) is 101 Å². The number of aliphatic carboxylic acids is 1. The third-order valence-electron chi connectivity index (χ3n) is 2.22. The predicted octanol–water partition coefficient (Wildman–Crippen LogP) is 1.71. The summed E-state index contributed by atoms with van der Waals surface area (Å²) in [4.78, 5) is 22.1. The maximum Gasteiger partial charge on any atom is 0.328 e. The van der Waals surface area contributed by atoms with Crippen LogP contribution in [0.25, 0.3) is 0 Å². The number of nitrogens with one attached hydrogen (secondary N) is 1. The van der Waals surface area contributed by atoms with Crippen molar-refractivity contribution in [1.29, 1.82) is 0 Å². The third kappa shape index (κ3) is 5.74. The van der Waals surface area contributed by atoms with Crippen LogP contribution in [0.1, 0.15) is 20.3 Å². The molecule has 1 aromatic heterocycles. The van der Waals surface area contributed by atoms with Crippen LogP contribution in [0.4, 0.5) is 5.13 Å². The van der Waals surface area contributed by atoms with Gasteiger partial charge in [-0.05, 0) is 12.3 Å². The zero-order chi connectivity index (χ0) is 15.1. The molecule has 1 rings (SSSR count). The van der Waals surface area contributed by atoms with E-state index >= 15 is 0 Å². The first kappa shape index (κ1) is 16.7. The van der Waals surface area contributed by atoms with Crippen molar-refractivity contribution in [2.24, 2.45) is 5.92 Å². The smallest absolute Gasteiger partial charge is 0.328 e. The second-order valence-electron chi connectivity index (χ2n) is 4.41. The Labute approximate surface area is 125 Å². The number of rotatable bonds is 8. The number of carboxylic acid groups (broad SMARTS) is 1. The summed E-state index contributed by atoms with van der Waals surface area (Å²) in [6, 6.07) is -0.481. The minimum absolute atomic E-state index is 0.0684. The van der Waals surface area contributed by atoms with Gasteiger partial charge in [-0.1, -0.05) is 36.9 Å². The van der Waals surface area contributed by atoms with Crippen LogP contribution in [0.15, 0.2) is 4.34 Å². The summed E-state index contributed by atoms with van der Waals surface area (Å²) in [7, 11) is 1.34. The van der Waals surface area contributed by atoms with Gasteiger partial charge in [0.1, 0.15) is 6.04 Å². The van der Waals surface area contributed by atoms with Gasteiger partial charge in [0, 0.05) is 0 Å². The SMILES string of the molecule is COC(=O)C(CC(C)C)Nc1nnc(SCC(=O)O)s1. The van der Waals surface area contributed by atoms with E-state index in [0.29, 0.717) is 21.8 Å². The lowest BCUT2D eigenvalue weighted by molar-refractivity contribution is -0.142. The van der Waals surface area contributed by atoms with E-state index in [1.54, 1.807) is 0 Å². The van der Waals surface area contributed by atoms with Crippen LogP contribution in [0.2, 0.25) is 0 Å². The first-order valence-electron chi connectivity index (χ1n) is 5.94. The van der Waals surface area contributed by atoms with E-state index in [1.807, 2.05) is 13.8 Å². The quantitative estimate of drug-likeness (QED) is 0.551. The Balaban J connectivity index is 2.64. The molecule has 0 spiro atoms. The fraction of sp³-hybridized carbons (Fsp3) is 0.636. The van der Waals surface area contributed by atoms with Crippen molar-refractivity contribution in [3.63, 3.8) is 0 Å². The molecule has 0 amide bonds. The molecule has 0 bridgehead atoms. The standard InChI is InChI=1S/C11H17N3O4S2/c1-6(2)4-7(9(17)18-3)12-10-13-14-11(20-10)19-5-8(15)16/h6-7H,4-5H2,1-3H3,(H,12,13)(H,15,16). The third-order valence-corrected chi connectivity index (χ3v) is 4.19. The van der Waals surface area contributed by atoms with Gasteiger partial charge in [0.2, 0.25) is 5.13 Å². The van der Waals surface area contributed by atoms with E-state index < -0.39 is 12.0 Å². The zero-order valence-electron chi connectivity index (χ0n) is 11.5. The van der Waals surface area contributed by atoms with Crippen molar-refractivity contribution in [3.05, 3.63) is 0 Å². The molecule has 0 aromatic carbocycles. The maximum atomic E-state index is 11.7. The largest absolute Gasteiger partial charge is 0.481 e. The number of anilines is 1. The fourth-order valence-electron chi connectivity index (χ4n) is 1.43. The molecule has 7 nitrogen and oxygen atoms in total. The molecule has 0 radical (unpaired) electrons. The Morgan fingerprint density at radius 2 is 2.15 bits per heavy atom. The lowest BCUT2D eigenvalue weighted by Crippen LogP contribution is -2.32. The molecular weight excluding hydrogens is 302 g/mol. The molecule has 1 unspecified atom stereocenters. The molecule has 0 saturated heterocycles. The number of carbonyl (C=O) groups is 2. The number of esters is 1. The van der Waals surface area contributed by atoms with Crippen LogP contribution >= 0.6 is 23.1 Å². The van der Waals surface area contributed by atoms with Crippen LogP contribution in [-0.2, 0) is 14.3 Å². The van der Waals surface area contributed by atoms with Crippen LogP contribution in [-0.4, -0.2) is 46.1 Å². The molecular formula is C11H17N3O4S2. The van der Waals surface area contributed by atoms with Gasteiger partial charge in [-0.3, -0.25) is 4.79 Å². The first-order valence-corrected chi connectivity index (χ1v) is 7.75. The lowest BCUT2D eigenvalue weighted by atomic mass is 10.0. The van der Waals surface area contributed by atoms with Gasteiger partial charge in [-0.15, -0.1) is 10.2 Å². The average Bonchev–Trinajstić information content (AvgIpc) is 2.81. The van der Waals surface area contributed by atoms with Crippen LogP contribution in [0, 0.1) is 5.92 Å². The summed E-state index contributed by atoms with van der Waals surface area (Å²) >= 11 is 2.31. The Bertz CT molecular complexity index is 464. The molecule has 2 N–H and O–H groups in total. The first-order chi connectivity index (χ1) is 9.42. The Morgan fingerprint density at radius 1 is 1.45 bits per heavy atom. The molecule has 0 aliphatic heterocycles. The minimum atomic E-state index is -0.910.